The summed E-state index contributed by atoms with van der Waals surface area (Å²) < 4.78 is 11.4. The van der Waals surface area contributed by atoms with E-state index < -0.39 is 5.60 Å². The molecule has 2 heterocycles. The van der Waals surface area contributed by atoms with Crippen molar-refractivity contribution in [1.29, 1.82) is 0 Å². The Morgan fingerprint density at radius 3 is 2.54 bits per heavy atom. The molecule has 1 aliphatic heterocycles. The molecule has 0 aliphatic carbocycles. The van der Waals surface area contributed by atoms with Crippen molar-refractivity contribution < 1.29 is 18.7 Å². The Kier molecular flexibility index (Phi) is 5.26. The lowest BCUT2D eigenvalue weighted by Gasteiger charge is -2.33. The summed E-state index contributed by atoms with van der Waals surface area (Å²) in [5.41, 5.74) is 0.972. The predicted octanol–water partition coefficient (Wildman–Crippen LogP) is 4.96. The molecule has 2 aromatic rings. The van der Waals surface area contributed by atoms with Crippen LogP contribution in [0.4, 0.5) is 4.79 Å². The summed E-state index contributed by atoms with van der Waals surface area (Å²) in [6, 6.07) is 5.48. The van der Waals surface area contributed by atoms with E-state index in [1.807, 2.05) is 53.7 Å². The molecule has 152 valence electrons. The van der Waals surface area contributed by atoms with E-state index in [2.05, 4.69) is 4.98 Å². The van der Waals surface area contributed by atoms with Gasteiger partial charge >= 0.3 is 6.09 Å². The normalized spacial score (nSPS) is 18.4. The van der Waals surface area contributed by atoms with Crippen molar-refractivity contribution in [2.45, 2.75) is 65.4 Å². The van der Waals surface area contributed by atoms with Gasteiger partial charge in [0, 0.05) is 24.4 Å². The number of amides is 1. The number of hydrogen-bond donors (Lipinski definition) is 0. The van der Waals surface area contributed by atoms with E-state index in [0.717, 1.165) is 12.8 Å². The maximum absolute atomic E-state index is 13.3. The van der Waals surface area contributed by atoms with E-state index in [4.69, 9.17) is 9.15 Å². The number of piperidine rings is 1. The molecule has 28 heavy (non-hydrogen) atoms. The number of ketones is 1. The molecule has 1 saturated heterocycles. The van der Waals surface area contributed by atoms with Crippen molar-refractivity contribution in [3.05, 3.63) is 29.7 Å². The molecule has 1 amide bonds. The van der Waals surface area contributed by atoms with E-state index >= 15 is 0 Å². The summed E-state index contributed by atoms with van der Waals surface area (Å²) in [5, 5.41) is 0. The van der Waals surface area contributed by atoms with Crippen LogP contribution in [0.15, 0.2) is 22.6 Å². The van der Waals surface area contributed by atoms with Crippen molar-refractivity contribution in [2.24, 2.45) is 5.92 Å². The maximum Gasteiger partial charge on any atom is 0.410 e. The van der Waals surface area contributed by atoms with Gasteiger partial charge in [0.15, 0.2) is 11.4 Å². The van der Waals surface area contributed by atoms with Crippen LogP contribution in [0.2, 0.25) is 0 Å². The van der Waals surface area contributed by atoms with E-state index in [-0.39, 0.29) is 23.2 Å². The van der Waals surface area contributed by atoms with Crippen molar-refractivity contribution in [3.63, 3.8) is 0 Å². The molecule has 6 heteroatoms. The highest BCUT2D eigenvalue weighted by Gasteiger charge is 2.33. The fraction of sp³-hybridized carbons (Fsp3) is 0.591. The second-order valence-corrected chi connectivity index (χ2v) is 9.55. The van der Waals surface area contributed by atoms with Crippen LogP contribution in [0.1, 0.15) is 70.6 Å². The summed E-state index contributed by atoms with van der Waals surface area (Å²) in [4.78, 5) is 31.9. The third-order valence-electron chi connectivity index (χ3n) is 4.77. The smallest absolute Gasteiger partial charge is 0.410 e. The van der Waals surface area contributed by atoms with Crippen LogP contribution < -0.4 is 0 Å². The number of carbonyl (C=O) groups is 2. The van der Waals surface area contributed by atoms with E-state index in [0.29, 0.717) is 35.6 Å². The Balaban J connectivity index is 1.84. The van der Waals surface area contributed by atoms with Crippen LogP contribution in [0.5, 0.6) is 0 Å². The molecule has 1 unspecified atom stereocenters. The van der Waals surface area contributed by atoms with Gasteiger partial charge in [-0.25, -0.2) is 9.78 Å². The summed E-state index contributed by atoms with van der Waals surface area (Å²) in [6.07, 6.45) is 1.15. The number of benzene rings is 1. The molecule has 0 saturated carbocycles. The highest BCUT2D eigenvalue weighted by Crippen LogP contribution is 2.30. The Morgan fingerprint density at radius 1 is 1.18 bits per heavy atom. The van der Waals surface area contributed by atoms with Gasteiger partial charge in [-0.2, -0.15) is 0 Å². The van der Waals surface area contributed by atoms with Gasteiger partial charge in [-0.15, -0.1) is 0 Å². The topological polar surface area (TPSA) is 72.6 Å². The largest absolute Gasteiger partial charge is 0.444 e. The van der Waals surface area contributed by atoms with Crippen LogP contribution in [0.25, 0.3) is 11.1 Å². The molecule has 0 spiro atoms. The SMILES string of the molecule is CC(C)(C)OC(=O)N1CCCC(C(=O)c2cccc3nc(C(C)(C)C)oc23)C1. The Labute approximate surface area is 166 Å². The molecule has 1 atom stereocenters. The lowest BCUT2D eigenvalue weighted by molar-refractivity contribution is 0.0172. The van der Waals surface area contributed by atoms with Gasteiger partial charge in [-0.05, 0) is 45.7 Å². The average Bonchev–Trinajstić information content (AvgIpc) is 3.04. The van der Waals surface area contributed by atoms with Gasteiger partial charge in [0.2, 0.25) is 5.89 Å². The highest BCUT2D eigenvalue weighted by molar-refractivity contribution is 6.06. The third kappa shape index (κ3) is 4.37. The van der Waals surface area contributed by atoms with Gasteiger partial charge in [0.25, 0.3) is 0 Å². The van der Waals surface area contributed by atoms with Gasteiger partial charge in [0.1, 0.15) is 11.1 Å². The van der Waals surface area contributed by atoms with Gasteiger partial charge in [-0.1, -0.05) is 26.8 Å². The highest BCUT2D eigenvalue weighted by atomic mass is 16.6. The number of oxazole rings is 1. The number of hydrogen-bond acceptors (Lipinski definition) is 5. The number of rotatable bonds is 2. The second kappa shape index (κ2) is 7.22. The molecule has 1 aromatic heterocycles. The van der Waals surface area contributed by atoms with E-state index in [1.165, 1.54) is 0 Å². The number of aromatic nitrogens is 1. The molecule has 1 fully saturated rings. The number of fused-ring (bicyclic) bond motifs is 1. The monoisotopic (exact) mass is 386 g/mol. The van der Waals surface area contributed by atoms with Crippen LogP contribution in [0, 0.1) is 5.92 Å². The van der Waals surface area contributed by atoms with Crippen molar-refractivity contribution in [3.8, 4) is 0 Å². The number of para-hydroxylation sites is 1. The number of ether oxygens (including phenoxy) is 1. The molecule has 0 bridgehead atoms. The lowest BCUT2D eigenvalue weighted by Crippen LogP contribution is -2.44. The molecule has 0 radical (unpaired) electrons. The Bertz CT molecular complexity index is 886. The molecule has 1 aromatic carbocycles. The zero-order chi connectivity index (χ0) is 20.7. The van der Waals surface area contributed by atoms with Gasteiger partial charge in [0.05, 0.1) is 5.56 Å². The lowest BCUT2D eigenvalue weighted by atomic mass is 9.90. The molecule has 1 aliphatic rings. The van der Waals surface area contributed by atoms with Crippen molar-refractivity contribution in [1.82, 2.24) is 9.88 Å². The minimum atomic E-state index is -0.553. The third-order valence-corrected chi connectivity index (χ3v) is 4.77. The summed E-state index contributed by atoms with van der Waals surface area (Å²) >= 11 is 0. The number of nitrogens with zero attached hydrogens (tertiary/aromatic N) is 2. The van der Waals surface area contributed by atoms with E-state index in [1.54, 1.807) is 11.0 Å². The first-order valence-corrected chi connectivity index (χ1v) is 9.88. The minimum absolute atomic E-state index is 0.00420. The molecule has 6 nitrogen and oxygen atoms in total. The first-order chi connectivity index (χ1) is 13.0. The zero-order valence-corrected chi connectivity index (χ0v) is 17.7. The summed E-state index contributed by atoms with van der Waals surface area (Å²) in [7, 11) is 0. The maximum atomic E-state index is 13.3. The van der Waals surface area contributed by atoms with Crippen molar-refractivity contribution >= 4 is 23.0 Å². The first-order valence-electron chi connectivity index (χ1n) is 9.88. The standard InChI is InChI=1S/C22H30N2O4/c1-21(2,3)19-23-16-11-7-10-15(18(16)27-19)17(25)14-9-8-12-24(13-14)20(26)28-22(4,5)6/h7,10-11,14H,8-9,12-13H2,1-6H3. The molecule has 0 N–H and O–H groups in total. The van der Waals surface area contributed by atoms with Gasteiger partial charge in [-0.3, -0.25) is 4.79 Å². The molecular weight excluding hydrogens is 356 g/mol. The Hall–Kier alpha value is -2.37. The van der Waals surface area contributed by atoms with Crippen LogP contribution in [-0.2, 0) is 10.2 Å². The fourth-order valence-corrected chi connectivity index (χ4v) is 3.37. The predicted molar refractivity (Wildman–Crippen MR) is 108 cm³/mol. The van der Waals surface area contributed by atoms with Crippen LogP contribution in [-0.4, -0.2) is 40.5 Å². The minimum Gasteiger partial charge on any atom is -0.444 e. The number of Topliss-reactive ketones (excluding diaryl/α,β-unsaturated/α-hetero) is 1. The summed E-state index contributed by atoms with van der Waals surface area (Å²) in [5.74, 6) is 0.340. The quantitative estimate of drug-likeness (QED) is 0.683. The fourth-order valence-electron chi connectivity index (χ4n) is 3.37. The van der Waals surface area contributed by atoms with Crippen LogP contribution in [0.3, 0.4) is 0 Å². The molecule has 3 rings (SSSR count). The zero-order valence-electron chi connectivity index (χ0n) is 17.7. The average molecular weight is 386 g/mol. The molecular formula is C22H30N2O4. The Morgan fingerprint density at radius 2 is 1.89 bits per heavy atom. The van der Waals surface area contributed by atoms with Crippen molar-refractivity contribution in [2.75, 3.05) is 13.1 Å². The summed E-state index contributed by atoms with van der Waals surface area (Å²) in [6.45, 7) is 12.6. The van der Waals surface area contributed by atoms with E-state index in [9.17, 15) is 9.59 Å². The number of carbonyl (C=O) groups excluding carboxylic acids is 2. The first kappa shape index (κ1) is 20.4. The second-order valence-electron chi connectivity index (χ2n) is 9.55. The van der Waals surface area contributed by atoms with Gasteiger partial charge < -0.3 is 14.1 Å². The van der Waals surface area contributed by atoms with Crippen LogP contribution >= 0.6 is 0 Å². The number of likely N-dealkylation sites (tertiary alicyclic amines) is 1.